The van der Waals surface area contributed by atoms with Gasteiger partial charge in [-0.1, -0.05) is 35.9 Å². The van der Waals surface area contributed by atoms with E-state index in [9.17, 15) is 4.39 Å². The zero-order valence-electron chi connectivity index (χ0n) is 19.7. The van der Waals surface area contributed by atoms with E-state index in [4.69, 9.17) is 22.3 Å². The van der Waals surface area contributed by atoms with Gasteiger partial charge in [-0.15, -0.1) is 0 Å². The van der Waals surface area contributed by atoms with Crippen molar-refractivity contribution >= 4 is 46.1 Å². The van der Waals surface area contributed by atoms with E-state index in [-0.39, 0.29) is 16.9 Å². The zero-order chi connectivity index (χ0) is 24.8. The second kappa shape index (κ2) is 9.21. The Morgan fingerprint density at radius 3 is 2.39 bits per heavy atom. The third-order valence-electron chi connectivity index (χ3n) is 7.67. The van der Waals surface area contributed by atoms with Crippen LogP contribution in [0.2, 0.25) is 5.02 Å². The molecule has 1 aromatic heterocycles. The summed E-state index contributed by atoms with van der Waals surface area (Å²) in [6.07, 6.45) is 8.21. The van der Waals surface area contributed by atoms with Crippen LogP contribution in [-0.2, 0) is 0 Å². The first-order valence-electron chi connectivity index (χ1n) is 12.2. The van der Waals surface area contributed by atoms with Crippen LogP contribution in [0.3, 0.4) is 0 Å². The molecule has 0 atom stereocenters. The Morgan fingerprint density at radius 2 is 1.64 bits per heavy atom. The van der Waals surface area contributed by atoms with Gasteiger partial charge in [0.15, 0.2) is 0 Å². The van der Waals surface area contributed by atoms with E-state index in [2.05, 4.69) is 15.0 Å². The van der Waals surface area contributed by atoms with Crippen LogP contribution in [0.1, 0.15) is 38.5 Å². The molecule has 2 bridgehead atoms. The van der Waals surface area contributed by atoms with E-state index in [1.165, 1.54) is 18.0 Å². The van der Waals surface area contributed by atoms with Crippen molar-refractivity contribution in [1.29, 1.82) is 0 Å². The summed E-state index contributed by atoms with van der Waals surface area (Å²) in [6, 6.07) is 18.6. The Morgan fingerprint density at radius 1 is 0.917 bits per heavy atom. The molecule has 4 N–H and O–H groups in total. The summed E-state index contributed by atoms with van der Waals surface area (Å²) in [7, 11) is 0. The van der Waals surface area contributed by atoms with E-state index in [0.717, 1.165) is 65.5 Å². The lowest BCUT2D eigenvalue weighted by Gasteiger charge is -2.52. The summed E-state index contributed by atoms with van der Waals surface area (Å²) in [5.74, 6) is 0.336. The summed E-state index contributed by atoms with van der Waals surface area (Å²) >= 11 is 7.47. The quantitative estimate of drug-likeness (QED) is 0.230. The highest BCUT2D eigenvalue weighted by atomic mass is 35.5. The van der Waals surface area contributed by atoms with Crippen molar-refractivity contribution < 1.29 is 4.39 Å². The number of nitrogens with two attached hydrogens (primary N) is 1. The van der Waals surface area contributed by atoms with Crippen molar-refractivity contribution in [2.75, 3.05) is 10.0 Å². The third-order valence-corrected chi connectivity index (χ3v) is 9.01. The fourth-order valence-electron chi connectivity index (χ4n) is 5.33. The summed E-state index contributed by atoms with van der Waals surface area (Å²) < 4.78 is 17.9. The first-order chi connectivity index (χ1) is 17.4. The fourth-order valence-corrected chi connectivity index (χ4v) is 6.28. The van der Waals surface area contributed by atoms with E-state index < -0.39 is 0 Å². The van der Waals surface area contributed by atoms with E-state index in [1.807, 2.05) is 54.7 Å². The number of benzene rings is 3. The minimum Gasteiger partial charge on any atom is -0.349 e. The summed E-state index contributed by atoms with van der Waals surface area (Å²) in [5, 5.41) is 5.17. The normalized spacial score (nSPS) is 23.1. The van der Waals surface area contributed by atoms with Crippen molar-refractivity contribution in [3.63, 3.8) is 0 Å². The van der Waals surface area contributed by atoms with Crippen LogP contribution in [0, 0.1) is 5.82 Å². The number of fused-ring (bicyclic) bond motifs is 4. The van der Waals surface area contributed by atoms with Gasteiger partial charge in [0.05, 0.1) is 16.2 Å². The molecule has 3 aliphatic carbocycles. The average Bonchev–Trinajstić information content (AvgIpc) is 2.89. The van der Waals surface area contributed by atoms with Crippen LogP contribution in [-0.4, -0.2) is 21.0 Å². The molecule has 3 aromatic carbocycles. The van der Waals surface area contributed by atoms with Gasteiger partial charge in [-0.2, -0.15) is 0 Å². The third kappa shape index (κ3) is 4.63. The highest BCUT2D eigenvalue weighted by Crippen LogP contribution is 2.46. The Labute approximate surface area is 219 Å². The monoisotopic (exact) mass is 519 g/mol. The summed E-state index contributed by atoms with van der Waals surface area (Å²) in [4.78, 5) is 10.2. The number of nitrogens with zero attached hydrogens (tertiary/aromatic N) is 2. The SMILES string of the molecule is NC12CCC(Nc3ncc4cc(-c5ccc(NSc6ccccc6Cl)c(F)c5)ccc4n3)(CC1)CC2. The lowest BCUT2D eigenvalue weighted by molar-refractivity contribution is 0.126. The minimum atomic E-state index is -0.330. The van der Waals surface area contributed by atoms with Crippen LogP contribution >= 0.6 is 23.5 Å². The molecule has 3 aliphatic rings. The second-order valence-corrected chi connectivity index (χ2v) is 11.3. The molecule has 3 fully saturated rings. The fraction of sp³-hybridized carbons (Fsp3) is 0.286. The molecular weight excluding hydrogens is 493 g/mol. The number of rotatable bonds is 6. The van der Waals surface area contributed by atoms with Crippen molar-refractivity contribution in [2.24, 2.45) is 5.73 Å². The van der Waals surface area contributed by atoms with Crippen LogP contribution in [0.15, 0.2) is 71.8 Å². The largest absolute Gasteiger partial charge is 0.349 e. The smallest absolute Gasteiger partial charge is 0.223 e. The Kier molecular flexibility index (Phi) is 6.02. The van der Waals surface area contributed by atoms with Crippen LogP contribution in [0.4, 0.5) is 16.0 Å². The average molecular weight is 520 g/mol. The van der Waals surface area contributed by atoms with Gasteiger partial charge < -0.3 is 15.8 Å². The highest BCUT2D eigenvalue weighted by Gasteiger charge is 2.46. The van der Waals surface area contributed by atoms with Gasteiger partial charge in [0.25, 0.3) is 0 Å². The van der Waals surface area contributed by atoms with Crippen molar-refractivity contribution in [2.45, 2.75) is 54.5 Å². The summed E-state index contributed by atoms with van der Waals surface area (Å²) in [5.41, 5.74) is 9.52. The van der Waals surface area contributed by atoms with Gasteiger partial charge in [0.1, 0.15) is 5.82 Å². The van der Waals surface area contributed by atoms with E-state index in [1.54, 1.807) is 6.07 Å². The number of hydrogen-bond acceptors (Lipinski definition) is 6. The minimum absolute atomic E-state index is 0.0340. The molecule has 3 saturated carbocycles. The number of nitrogens with one attached hydrogen (secondary N) is 2. The van der Waals surface area contributed by atoms with Crippen LogP contribution < -0.4 is 15.8 Å². The van der Waals surface area contributed by atoms with E-state index in [0.29, 0.717) is 16.7 Å². The summed E-state index contributed by atoms with van der Waals surface area (Å²) in [6.45, 7) is 0. The first kappa shape index (κ1) is 23.5. The van der Waals surface area contributed by atoms with E-state index >= 15 is 0 Å². The second-order valence-electron chi connectivity index (χ2n) is 10.1. The predicted octanol–water partition coefficient (Wildman–Crippen LogP) is 7.42. The Balaban J connectivity index is 1.18. The van der Waals surface area contributed by atoms with Crippen molar-refractivity contribution in [1.82, 2.24) is 9.97 Å². The molecule has 1 heterocycles. The molecule has 0 radical (unpaired) electrons. The first-order valence-corrected chi connectivity index (χ1v) is 13.4. The molecule has 184 valence electrons. The molecule has 0 spiro atoms. The van der Waals surface area contributed by atoms with Gasteiger partial charge in [-0.3, -0.25) is 0 Å². The number of hydrogen-bond donors (Lipinski definition) is 3. The maximum Gasteiger partial charge on any atom is 0.223 e. The Bertz CT molecular complexity index is 1420. The van der Waals surface area contributed by atoms with Crippen LogP contribution in [0.25, 0.3) is 22.0 Å². The van der Waals surface area contributed by atoms with Gasteiger partial charge in [0.2, 0.25) is 5.95 Å². The molecule has 0 unspecified atom stereocenters. The molecule has 0 saturated heterocycles. The zero-order valence-corrected chi connectivity index (χ0v) is 21.3. The van der Waals surface area contributed by atoms with Crippen molar-refractivity contribution in [3.05, 3.63) is 77.7 Å². The maximum atomic E-state index is 14.9. The number of aromatic nitrogens is 2. The van der Waals surface area contributed by atoms with Crippen LogP contribution in [0.5, 0.6) is 0 Å². The molecule has 8 heteroatoms. The topological polar surface area (TPSA) is 75.9 Å². The molecule has 7 rings (SSSR count). The lowest BCUT2D eigenvalue weighted by Crippen LogP contribution is -2.57. The predicted molar refractivity (Wildman–Crippen MR) is 147 cm³/mol. The van der Waals surface area contributed by atoms with Gasteiger partial charge in [-0.05, 0) is 98.0 Å². The molecular formula is C28H27ClFN5S. The van der Waals surface area contributed by atoms with Gasteiger partial charge in [-0.25, -0.2) is 14.4 Å². The molecule has 0 amide bonds. The molecule has 0 aliphatic heterocycles. The molecule has 5 nitrogen and oxygen atoms in total. The lowest BCUT2D eigenvalue weighted by atomic mass is 9.62. The van der Waals surface area contributed by atoms with Gasteiger partial charge >= 0.3 is 0 Å². The molecule has 4 aromatic rings. The molecule has 36 heavy (non-hydrogen) atoms. The maximum absolute atomic E-state index is 14.9. The number of anilines is 2. The number of halogens is 2. The van der Waals surface area contributed by atoms with Gasteiger partial charge in [0, 0.05) is 27.6 Å². The highest BCUT2D eigenvalue weighted by molar-refractivity contribution is 8.00. The van der Waals surface area contributed by atoms with Crippen molar-refractivity contribution in [3.8, 4) is 11.1 Å². The Hall–Kier alpha value is -2.87. The standard InChI is InChI=1S/C28H27ClFN5S/c29-21-3-1-2-4-25(21)36-35-24-8-6-19(16-22(24)30)18-5-7-23-20(15-18)17-32-26(33-23)34-28-12-9-27(31,10-13-28)11-14-28/h1-8,15-17,35H,9-14,31H2,(H,32,33,34).